The Morgan fingerprint density at radius 3 is 2.51 bits per heavy atom. The van der Waals surface area contributed by atoms with E-state index >= 15 is 0 Å². The number of carbonyl (C=O) groups excluding carboxylic acids is 1. The summed E-state index contributed by atoms with van der Waals surface area (Å²) in [7, 11) is 3.24. The number of halogens is 2. The first-order chi connectivity index (χ1) is 16.8. The Morgan fingerprint density at radius 1 is 1.11 bits per heavy atom. The van der Waals surface area contributed by atoms with Gasteiger partial charge in [0.2, 0.25) is 0 Å². The molecule has 1 aromatic heterocycles. The van der Waals surface area contributed by atoms with Crippen molar-refractivity contribution in [2.45, 2.75) is 13.8 Å². The molecule has 2 heterocycles. The number of methoxy groups -OCH3 is 2. The van der Waals surface area contributed by atoms with E-state index in [0.29, 0.717) is 28.2 Å². The Balaban J connectivity index is 1.69. The SMILES string of the molecule is COCCN1C(=O)/C(=C/c2cc(C)n(-c3ccc(Br)c(Cl)c3)c2C)SC1=Nc1ccc(OC)cc1. The average Bonchev–Trinajstić information content (AvgIpc) is 3.29. The maximum absolute atomic E-state index is 13.3. The highest BCUT2D eigenvalue weighted by Crippen LogP contribution is 2.36. The first kappa shape index (κ1) is 25.6. The van der Waals surface area contributed by atoms with Crippen molar-refractivity contribution < 1.29 is 14.3 Å². The first-order valence-corrected chi connectivity index (χ1v) is 12.9. The molecule has 0 unspecified atom stereocenters. The van der Waals surface area contributed by atoms with Gasteiger partial charge in [0.15, 0.2) is 5.17 Å². The number of rotatable bonds is 7. The van der Waals surface area contributed by atoms with E-state index < -0.39 is 0 Å². The normalized spacial score (nSPS) is 16.1. The molecule has 1 aliphatic heterocycles. The molecule has 0 radical (unpaired) electrons. The molecule has 2 aromatic carbocycles. The number of hydrogen-bond acceptors (Lipinski definition) is 5. The second-order valence-corrected chi connectivity index (χ2v) is 10.2. The third-order valence-electron chi connectivity index (χ3n) is 5.62. The monoisotopic (exact) mass is 573 g/mol. The molecule has 3 aromatic rings. The Kier molecular flexibility index (Phi) is 8.06. The standard InChI is InChI=1S/C26H25BrClN3O3S/c1-16-13-18(17(2)31(16)20-7-10-22(27)23(28)15-20)14-24-25(32)30(11-12-33-3)26(35-24)29-19-5-8-21(34-4)9-6-19/h5-10,13-15H,11-12H2,1-4H3/b24-14-,29-26?. The smallest absolute Gasteiger partial charge is 0.266 e. The highest BCUT2D eigenvalue weighted by molar-refractivity contribution is 9.10. The summed E-state index contributed by atoms with van der Waals surface area (Å²) in [5.74, 6) is 0.666. The quantitative estimate of drug-likeness (QED) is 0.292. The molecule has 0 atom stereocenters. The van der Waals surface area contributed by atoms with E-state index in [4.69, 9.17) is 26.1 Å². The Morgan fingerprint density at radius 2 is 1.86 bits per heavy atom. The van der Waals surface area contributed by atoms with E-state index in [2.05, 4.69) is 26.6 Å². The second kappa shape index (κ2) is 11.0. The minimum Gasteiger partial charge on any atom is -0.497 e. The van der Waals surface area contributed by atoms with Crippen LogP contribution >= 0.6 is 39.3 Å². The van der Waals surface area contributed by atoms with Gasteiger partial charge in [-0.3, -0.25) is 9.69 Å². The van der Waals surface area contributed by atoms with Crippen LogP contribution in [0.2, 0.25) is 5.02 Å². The zero-order valence-electron chi connectivity index (χ0n) is 19.8. The van der Waals surface area contributed by atoms with Crippen LogP contribution in [0.15, 0.2) is 62.9 Å². The number of amidine groups is 1. The fourth-order valence-corrected chi connectivity index (χ4v) is 5.27. The van der Waals surface area contributed by atoms with Gasteiger partial charge in [0.1, 0.15) is 5.75 Å². The highest BCUT2D eigenvalue weighted by Gasteiger charge is 2.33. The van der Waals surface area contributed by atoms with Gasteiger partial charge in [-0.1, -0.05) is 11.6 Å². The van der Waals surface area contributed by atoms with Crippen molar-refractivity contribution >= 4 is 62.1 Å². The summed E-state index contributed by atoms with van der Waals surface area (Å²) in [5.41, 5.74) is 4.74. The number of nitrogens with zero attached hydrogens (tertiary/aromatic N) is 3. The highest BCUT2D eigenvalue weighted by atomic mass is 79.9. The first-order valence-electron chi connectivity index (χ1n) is 10.9. The lowest BCUT2D eigenvalue weighted by atomic mass is 10.2. The Hall–Kier alpha value is -2.52. The largest absolute Gasteiger partial charge is 0.497 e. The van der Waals surface area contributed by atoms with Gasteiger partial charge in [-0.05, 0) is 102 Å². The molecule has 1 fully saturated rings. The zero-order chi connectivity index (χ0) is 25.1. The van der Waals surface area contributed by atoms with Crippen molar-refractivity contribution in [1.29, 1.82) is 0 Å². The molecular formula is C26H25BrClN3O3S. The minimum absolute atomic E-state index is 0.0872. The fraction of sp³-hybridized carbons (Fsp3) is 0.231. The van der Waals surface area contributed by atoms with Gasteiger partial charge in [-0.2, -0.15) is 0 Å². The van der Waals surface area contributed by atoms with Crippen LogP contribution in [0.3, 0.4) is 0 Å². The van der Waals surface area contributed by atoms with E-state index in [1.807, 2.05) is 62.4 Å². The number of aromatic nitrogens is 1. The predicted octanol–water partition coefficient (Wildman–Crippen LogP) is 6.77. The number of aryl methyl sites for hydroxylation is 1. The van der Waals surface area contributed by atoms with Gasteiger partial charge in [0, 0.05) is 28.7 Å². The summed E-state index contributed by atoms with van der Waals surface area (Å²) in [5, 5.41) is 1.27. The van der Waals surface area contributed by atoms with Gasteiger partial charge in [0.05, 0.1) is 35.9 Å². The number of hydrogen-bond donors (Lipinski definition) is 0. The fourth-order valence-electron chi connectivity index (χ4n) is 3.83. The van der Waals surface area contributed by atoms with Crippen molar-refractivity contribution in [3.8, 4) is 11.4 Å². The van der Waals surface area contributed by atoms with Gasteiger partial charge < -0.3 is 14.0 Å². The third kappa shape index (κ3) is 5.51. The molecule has 1 amide bonds. The summed E-state index contributed by atoms with van der Waals surface area (Å²) >= 11 is 11.1. The van der Waals surface area contributed by atoms with Crippen LogP contribution in [0, 0.1) is 13.8 Å². The van der Waals surface area contributed by atoms with Crippen molar-refractivity contribution in [2.24, 2.45) is 4.99 Å². The van der Waals surface area contributed by atoms with E-state index in [0.717, 1.165) is 38.5 Å². The molecule has 0 spiro atoms. The average molecular weight is 575 g/mol. The number of benzene rings is 2. The lowest BCUT2D eigenvalue weighted by molar-refractivity contribution is -0.122. The lowest BCUT2D eigenvalue weighted by Crippen LogP contribution is -2.32. The topological polar surface area (TPSA) is 56.1 Å². The van der Waals surface area contributed by atoms with Crippen LogP contribution in [0.5, 0.6) is 5.75 Å². The summed E-state index contributed by atoms with van der Waals surface area (Å²) in [6.07, 6.45) is 1.93. The second-order valence-electron chi connectivity index (χ2n) is 7.91. The maximum atomic E-state index is 13.3. The van der Waals surface area contributed by atoms with Crippen molar-refractivity contribution in [1.82, 2.24) is 9.47 Å². The molecule has 9 heteroatoms. The Bertz CT molecular complexity index is 1320. The third-order valence-corrected chi connectivity index (χ3v) is 7.86. The molecule has 0 saturated carbocycles. The lowest BCUT2D eigenvalue weighted by Gasteiger charge is -2.14. The van der Waals surface area contributed by atoms with Crippen molar-refractivity contribution in [3.05, 3.63) is 79.9 Å². The molecule has 1 aliphatic rings. The van der Waals surface area contributed by atoms with Crippen molar-refractivity contribution in [2.75, 3.05) is 27.4 Å². The zero-order valence-corrected chi connectivity index (χ0v) is 23.0. The number of ether oxygens (including phenoxy) is 2. The molecule has 0 N–H and O–H groups in total. The summed E-state index contributed by atoms with van der Waals surface area (Å²) in [6, 6.07) is 15.4. The number of thioether (sulfide) groups is 1. The van der Waals surface area contributed by atoms with Crippen LogP contribution in [0.4, 0.5) is 5.69 Å². The molecule has 0 bridgehead atoms. The van der Waals surface area contributed by atoms with Crippen LogP contribution < -0.4 is 4.74 Å². The van der Waals surface area contributed by atoms with Crippen molar-refractivity contribution in [3.63, 3.8) is 0 Å². The summed E-state index contributed by atoms with van der Waals surface area (Å²) < 4.78 is 13.4. The van der Waals surface area contributed by atoms with E-state index in [1.165, 1.54) is 11.8 Å². The number of aliphatic imine (C=N–C) groups is 1. The molecule has 6 nitrogen and oxygen atoms in total. The van der Waals surface area contributed by atoms with E-state index in [-0.39, 0.29) is 5.91 Å². The molecule has 1 saturated heterocycles. The van der Waals surface area contributed by atoms with Crippen LogP contribution in [0.25, 0.3) is 11.8 Å². The predicted molar refractivity (Wildman–Crippen MR) is 147 cm³/mol. The van der Waals surface area contributed by atoms with E-state index in [9.17, 15) is 4.79 Å². The van der Waals surface area contributed by atoms with Gasteiger partial charge in [-0.25, -0.2) is 4.99 Å². The van der Waals surface area contributed by atoms with Gasteiger partial charge in [-0.15, -0.1) is 0 Å². The molecule has 35 heavy (non-hydrogen) atoms. The van der Waals surface area contributed by atoms with Gasteiger partial charge in [0.25, 0.3) is 5.91 Å². The van der Waals surface area contributed by atoms with Crippen LogP contribution in [-0.2, 0) is 9.53 Å². The number of amides is 1. The van der Waals surface area contributed by atoms with Gasteiger partial charge >= 0.3 is 0 Å². The number of carbonyl (C=O) groups is 1. The molecule has 0 aliphatic carbocycles. The molecular weight excluding hydrogens is 550 g/mol. The van der Waals surface area contributed by atoms with E-state index in [1.54, 1.807) is 19.1 Å². The summed E-state index contributed by atoms with van der Waals surface area (Å²) in [4.78, 5) is 20.3. The minimum atomic E-state index is -0.0872. The summed E-state index contributed by atoms with van der Waals surface area (Å²) in [6.45, 7) is 4.91. The maximum Gasteiger partial charge on any atom is 0.266 e. The Labute approximate surface area is 222 Å². The molecule has 182 valence electrons. The molecule has 4 rings (SSSR count). The van der Waals surface area contributed by atoms with Crippen LogP contribution in [-0.4, -0.2) is 47.9 Å². The van der Waals surface area contributed by atoms with Crippen LogP contribution in [0.1, 0.15) is 17.0 Å².